The maximum atomic E-state index is 12.7. The highest BCUT2D eigenvalue weighted by Crippen LogP contribution is 2.42. The van der Waals surface area contributed by atoms with E-state index in [0.29, 0.717) is 13.2 Å². The Bertz CT molecular complexity index is 323. The molecule has 2 aliphatic rings. The standard InChI is InChI=1S/C13H22F2N2O2.ClH/c1-19-9-12(2-4-16-5-3-12)8-17-11(18)10-6-13(14,15)7-10;/h10,16H,2-9H2,1H3,(H,17,18);1H. The minimum atomic E-state index is -2.64. The van der Waals surface area contributed by atoms with Gasteiger partial charge in [-0.25, -0.2) is 8.78 Å². The molecule has 20 heavy (non-hydrogen) atoms. The number of nitrogens with one attached hydrogen (secondary N) is 2. The second kappa shape index (κ2) is 7.00. The van der Waals surface area contributed by atoms with Crippen molar-refractivity contribution in [1.82, 2.24) is 10.6 Å². The Hall–Kier alpha value is -0.460. The molecule has 0 radical (unpaired) electrons. The van der Waals surface area contributed by atoms with Crippen molar-refractivity contribution in [3.63, 3.8) is 0 Å². The number of hydrogen-bond acceptors (Lipinski definition) is 3. The van der Waals surface area contributed by atoms with Crippen LogP contribution in [0.4, 0.5) is 8.78 Å². The Labute approximate surface area is 124 Å². The van der Waals surface area contributed by atoms with Crippen LogP contribution in [0.25, 0.3) is 0 Å². The minimum Gasteiger partial charge on any atom is -0.384 e. The van der Waals surface area contributed by atoms with E-state index in [1.807, 2.05) is 0 Å². The number of alkyl halides is 2. The Kier molecular flexibility index (Phi) is 6.16. The summed E-state index contributed by atoms with van der Waals surface area (Å²) in [5.41, 5.74) is -0.0536. The van der Waals surface area contributed by atoms with Crippen molar-refractivity contribution in [3.8, 4) is 0 Å². The summed E-state index contributed by atoms with van der Waals surface area (Å²) >= 11 is 0. The van der Waals surface area contributed by atoms with Gasteiger partial charge in [0, 0.05) is 37.8 Å². The van der Waals surface area contributed by atoms with Crippen LogP contribution in [-0.4, -0.2) is 45.2 Å². The Morgan fingerprint density at radius 1 is 1.35 bits per heavy atom. The van der Waals surface area contributed by atoms with E-state index >= 15 is 0 Å². The summed E-state index contributed by atoms with van der Waals surface area (Å²) in [7, 11) is 1.65. The quantitative estimate of drug-likeness (QED) is 0.810. The molecule has 4 nitrogen and oxygen atoms in total. The summed E-state index contributed by atoms with van der Waals surface area (Å²) < 4.78 is 30.7. The molecule has 2 rings (SSSR count). The molecule has 1 saturated heterocycles. The predicted molar refractivity (Wildman–Crippen MR) is 74.3 cm³/mol. The van der Waals surface area contributed by atoms with Crippen molar-refractivity contribution in [2.45, 2.75) is 31.6 Å². The molecule has 1 heterocycles. The maximum absolute atomic E-state index is 12.7. The first kappa shape index (κ1) is 17.6. The number of hydrogen-bond donors (Lipinski definition) is 2. The average Bonchev–Trinajstić information content (AvgIpc) is 2.35. The van der Waals surface area contributed by atoms with Crippen LogP contribution in [0, 0.1) is 11.3 Å². The maximum Gasteiger partial charge on any atom is 0.249 e. The van der Waals surface area contributed by atoms with Gasteiger partial charge in [-0.3, -0.25) is 4.79 Å². The fourth-order valence-corrected chi connectivity index (χ4v) is 2.90. The number of carbonyl (C=O) groups is 1. The van der Waals surface area contributed by atoms with E-state index in [0.717, 1.165) is 25.9 Å². The molecular weight excluding hydrogens is 290 g/mol. The van der Waals surface area contributed by atoms with Gasteiger partial charge in [-0.15, -0.1) is 12.4 Å². The fraction of sp³-hybridized carbons (Fsp3) is 0.923. The van der Waals surface area contributed by atoms with E-state index in [-0.39, 0.29) is 36.6 Å². The first-order chi connectivity index (χ1) is 8.96. The van der Waals surface area contributed by atoms with Crippen molar-refractivity contribution >= 4 is 18.3 Å². The molecule has 0 atom stereocenters. The van der Waals surface area contributed by atoms with Gasteiger partial charge in [-0.05, 0) is 25.9 Å². The number of carbonyl (C=O) groups excluding carboxylic acids is 1. The van der Waals surface area contributed by atoms with E-state index < -0.39 is 11.8 Å². The number of amides is 1. The molecule has 2 fully saturated rings. The van der Waals surface area contributed by atoms with Gasteiger partial charge in [0.25, 0.3) is 0 Å². The summed E-state index contributed by atoms with van der Waals surface area (Å²) in [6.45, 7) is 2.92. The number of piperidine rings is 1. The van der Waals surface area contributed by atoms with Gasteiger partial charge in [-0.1, -0.05) is 0 Å². The zero-order valence-electron chi connectivity index (χ0n) is 11.7. The van der Waals surface area contributed by atoms with Crippen LogP contribution in [0.5, 0.6) is 0 Å². The number of rotatable bonds is 5. The topological polar surface area (TPSA) is 50.4 Å². The first-order valence-corrected chi connectivity index (χ1v) is 6.82. The Balaban J connectivity index is 0.00000200. The van der Waals surface area contributed by atoms with Crippen molar-refractivity contribution in [3.05, 3.63) is 0 Å². The van der Waals surface area contributed by atoms with E-state index in [4.69, 9.17) is 4.74 Å². The van der Waals surface area contributed by atoms with Crippen molar-refractivity contribution < 1.29 is 18.3 Å². The molecular formula is C13H23ClF2N2O2. The zero-order valence-corrected chi connectivity index (χ0v) is 12.5. The number of halogens is 3. The molecule has 0 bridgehead atoms. The molecule has 0 spiro atoms. The third-order valence-electron chi connectivity index (χ3n) is 4.21. The molecule has 1 aliphatic carbocycles. The van der Waals surface area contributed by atoms with E-state index in [2.05, 4.69) is 10.6 Å². The highest BCUT2D eigenvalue weighted by Gasteiger charge is 2.49. The normalized spacial score (nSPS) is 24.4. The Morgan fingerprint density at radius 2 is 1.95 bits per heavy atom. The molecule has 0 aromatic rings. The second-order valence-corrected chi connectivity index (χ2v) is 5.86. The molecule has 1 aliphatic heterocycles. The average molecular weight is 313 g/mol. The van der Waals surface area contributed by atoms with E-state index in [1.165, 1.54) is 0 Å². The highest BCUT2D eigenvalue weighted by atomic mass is 35.5. The third kappa shape index (κ3) is 4.27. The number of ether oxygens (including phenoxy) is 1. The summed E-state index contributed by atoms with van der Waals surface area (Å²) in [4.78, 5) is 11.8. The predicted octanol–water partition coefficient (Wildman–Crippen LogP) is 1.59. The Morgan fingerprint density at radius 3 is 2.45 bits per heavy atom. The van der Waals surface area contributed by atoms with Gasteiger partial charge in [0.1, 0.15) is 0 Å². The van der Waals surface area contributed by atoms with Crippen LogP contribution in [0.15, 0.2) is 0 Å². The summed E-state index contributed by atoms with van der Waals surface area (Å²) in [5, 5.41) is 6.11. The zero-order chi connectivity index (χ0) is 13.9. The lowest BCUT2D eigenvalue weighted by molar-refractivity contribution is -0.150. The van der Waals surface area contributed by atoms with Gasteiger partial charge in [0.2, 0.25) is 11.8 Å². The molecule has 1 amide bonds. The van der Waals surface area contributed by atoms with Crippen LogP contribution >= 0.6 is 12.4 Å². The van der Waals surface area contributed by atoms with E-state index in [9.17, 15) is 13.6 Å². The van der Waals surface area contributed by atoms with Crippen molar-refractivity contribution in [2.24, 2.45) is 11.3 Å². The molecule has 2 N–H and O–H groups in total. The van der Waals surface area contributed by atoms with Crippen LogP contribution < -0.4 is 10.6 Å². The molecule has 7 heteroatoms. The first-order valence-electron chi connectivity index (χ1n) is 6.82. The molecule has 0 aromatic heterocycles. The van der Waals surface area contributed by atoms with Crippen molar-refractivity contribution in [1.29, 1.82) is 0 Å². The third-order valence-corrected chi connectivity index (χ3v) is 4.21. The SMILES string of the molecule is COCC1(CNC(=O)C2CC(F)(F)C2)CCNCC1.Cl. The van der Waals surface area contributed by atoms with Gasteiger partial charge in [0.05, 0.1) is 6.61 Å². The monoisotopic (exact) mass is 312 g/mol. The van der Waals surface area contributed by atoms with Gasteiger partial charge in [0.15, 0.2) is 0 Å². The second-order valence-electron chi connectivity index (χ2n) is 5.86. The van der Waals surface area contributed by atoms with Gasteiger partial charge in [-0.2, -0.15) is 0 Å². The summed E-state index contributed by atoms with van der Waals surface area (Å²) in [6, 6.07) is 0. The highest BCUT2D eigenvalue weighted by molar-refractivity contribution is 5.85. The van der Waals surface area contributed by atoms with E-state index in [1.54, 1.807) is 7.11 Å². The van der Waals surface area contributed by atoms with Crippen LogP contribution in [0.3, 0.4) is 0 Å². The van der Waals surface area contributed by atoms with Crippen molar-refractivity contribution in [2.75, 3.05) is 33.4 Å². The lowest BCUT2D eigenvalue weighted by Crippen LogP contribution is -2.51. The van der Waals surface area contributed by atoms with Crippen LogP contribution in [0.2, 0.25) is 0 Å². The van der Waals surface area contributed by atoms with Gasteiger partial charge < -0.3 is 15.4 Å². The minimum absolute atomic E-state index is 0. The van der Waals surface area contributed by atoms with Crippen LogP contribution in [-0.2, 0) is 9.53 Å². The summed E-state index contributed by atoms with van der Waals surface area (Å²) in [6.07, 6.45) is 1.25. The largest absolute Gasteiger partial charge is 0.384 e. The summed E-state index contributed by atoms with van der Waals surface area (Å²) in [5.74, 6) is -3.39. The lowest BCUT2D eigenvalue weighted by Gasteiger charge is -2.39. The molecule has 0 unspecified atom stereocenters. The fourth-order valence-electron chi connectivity index (χ4n) is 2.90. The molecule has 0 aromatic carbocycles. The smallest absolute Gasteiger partial charge is 0.249 e. The molecule has 118 valence electrons. The lowest BCUT2D eigenvalue weighted by atomic mass is 9.78. The molecule has 1 saturated carbocycles. The van der Waals surface area contributed by atoms with Crippen LogP contribution in [0.1, 0.15) is 25.7 Å². The number of methoxy groups -OCH3 is 1. The van der Waals surface area contributed by atoms with Gasteiger partial charge >= 0.3 is 0 Å².